The monoisotopic (exact) mass is 417 g/mol. The van der Waals surface area contributed by atoms with Crippen molar-refractivity contribution < 1.29 is 17.6 Å². The van der Waals surface area contributed by atoms with Crippen LogP contribution in [0.1, 0.15) is 10.4 Å². The van der Waals surface area contributed by atoms with Gasteiger partial charge in [0.05, 0.1) is 5.56 Å². The van der Waals surface area contributed by atoms with Crippen LogP contribution >= 0.6 is 15.9 Å². The molecular formula is C13H13BrFN5O3S. The van der Waals surface area contributed by atoms with Crippen molar-refractivity contribution in [3.05, 3.63) is 40.4 Å². The Hall–Kier alpha value is -1.85. The zero-order valence-electron chi connectivity index (χ0n) is 12.3. The Balaban J connectivity index is 1.70. The summed E-state index contributed by atoms with van der Waals surface area (Å²) < 4.78 is 40.3. The van der Waals surface area contributed by atoms with Gasteiger partial charge in [-0.2, -0.15) is 9.40 Å². The molecule has 24 heavy (non-hydrogen) atoms. The van der Waals surface area contributed by atoms with E-state index in [4.69, 9.17) is 0 Å². The van der Waals surface area contributed by atoms with Gasteiger partial charge in [0, 0.05) is 30.7 Å². The predicted molar refractivity (Wildman–Crippen MR) is 85.1 cm³/mol. The number of hydrogen-bond acceptors (Lipinski definition) is 5. The summed E-state index contributed by atoms with van der Waals surface area (Å²) in [5.41, 5.74) is -0.0373. The van der Waals surface area contributed by atoms with Crippen molar-refractivity contribution in [3.63, 3.8) is 0 Å². The van der Waals surface area contributed by atoms with Gasteiger partial charge in [-0.15, -0.1) is 0 Å². The van der Waals surface area contributed by atoms with Crippen molar-refractivity contribution in [1.29, 1.82) is 0 Å². The molecular weight excluding hydrogens is 405 g/mol. The van der Waals surface area contributed by atoms with E-state index >= 15 is 0 Å². The maximum atomic E-state index is 13.9. The van der Waals surface area contributed by atoms with Crippen molar-refractivity contribution in [3.8, 4) is 0 Å². The summed E-state index contributed by atoms with van der Waals surface area (Å²) in [4.78, 5) is 17.5. The number of rotatable bonds is 3. The number of nitrogens with zero attached hydrogens (tertiary/aromatic N) is 4. The number of hydrogen-bond donors (Lipinski definition) is 1. The Morgan fingerprint density at radius 2 is 1.96 bits per heavy atom. The number of nitrogens with one attached hydrogen (secondary N) is 1. The topological polar surface area (TPSA) is 99.3 Å². The fourth-order valence-electron chi connectivity index (χ4n) is 2.41. The lowest BCUT2D eigenvalue weighted by Crippen LogP contribution is -2.50. The number of amides is 1. The molecule has 3 rings (SSSR count). The van der Waals surface area contributed by atoms with E-state index in [9.17, 15) is 17.6 Å². The molecule has 1 aliphatic heterocycles. The number of halogens is 2. The molecule has 0 aliphatic carbocycles. The van der Waals surface area contributed by atoms with Gasteiger partial charge in [-0.05, 0) is 18.2 Å². The first-order valence-corrected chi connectivity index (χ1v) is 9.23. The van der Waals surface area contributed by atoms with E-state index in [1.807, 2.05) is 0 Å². The lowest BCUT2D eigenvalue weighted by Gasteiger charge is -2.33. The average Bonchev–Trinajstić information content (AvgIpc) is 3.10. The molecule has 1 amide bonds. The minimum atomic E-state index is -3.76. The van der Waals surface area contributed by atoms with Crippen LogP contribution in [-0.2, 0) is 10.0 Å². The summed E-state index contributed by atoms with van der Waals surface area (Å²) in [6.07, 6.45) is 1.11. The van der Waals surface area contributed by atoms with Crippen molar-refractivity contribution in [1.82, 2.24) is 24.4 Å². The molecule has 128 valence electrons. The molecule has 0 bridgehead atoms. The number of carbonyl (C=O) groups is 1. The molecule has 8 nitrogen and oxygen atoms in total. The minimum Gasteiger partial charge on any atom is -0.336 e. The van der Waals surface area contributed by atoms with Gasteiger partial charge in [0.25, 0.3) is 21.1 Å². The SMILES string of the molecule is O=C(c1ccc(Br)cc1F)N1CCN(S(=O)(=O)c2ncn[nH]2)CC1. The van der Waals surface area contributed by atoms with Crippen LogP contribution in [0.15, 0.2) is 34.2 Å². The Morgan fingerprint density at radius 1 is 1.25 bits per heavy atom. The summed E-state index contributed by atoms with van der Waals surface area (Å²) in [7, 11) is -3.76. The largest absolute Gasteiger partial charge is 0.336 e. The van der Waals surface area contributed by atoms with Gasteiger partial charge in [-0.25, -0.2) is 22.9 Å². The molecule has 0 spiro atoms. The zero-order valence-corrected chi connectivity index (χ0v) is 14.7. The number of aromatic amines is 1. The second-order valence-corrected chi connectivity index (χ2v) is 7.88. The second kappa shape index (κ2) is 6.57. The Bertz CT molecular complexity index is 850. The average molecular weight is 418 g/mol. The fraction of sp³-hybridized carbons (Fsp3) is 0.308. The molecule has 1 fully saturated rings. The minimum absolute atomic E-state index is 0.0373. The number of H-pyrrole nitrogens is 1. The summed E-state index contributed by atoms with van der Waals surface area (Å²) in [6, 6.07) is 4.21. The summed E-state index contributed by atoms with van der Waals surface area (Å²) in [5, 5.41) is 5.62. The maximum Gasteiger partial charge on any atom is 0.278 e. The second-order valence-electron chi connectivity index (χ2n) is 5.11. The molecule has 2 aromatic rings. The standard InChI is InChI=1S/C13H13BrFN5O3S/c14-9-1-2-10(11(15)7-9)12(21)19-3-5-20(6-4-19)24(22,23)13-16-8-17-18-13/h1-2,7-8H,3-6H2,(H,16,17,18). The molecule has 1 N–H and O–H groups in total. The van der Waals surface area contributed by atoms with E-state index in [1.54, 1.807) is 6.07 Å². The molecule has 1 aliphatic rings. The molecule has 0 radical (unpaired) electrons. The quantitative estimate of drug-likeness (QED) is 0.797. The number of aromatic nitrogens is 3. The highest BCUT2D eigenvalue weighted by Gasteiger charge is 2.32. The van der Waals surface area contributed by atoms with E-state index in [2.05, 4.69) is 31.1 Å². The van der Waals surface area contributed by atoms with Crippen LogP contribution in [-0.4, -0.2) is 64.9 Å². The fourth-order valence-corrected chi connectivity index (χ4v) is 3.98. The third-order valence-corrected chi connectivity index (χ3v) is 5.89. The van der Waals surface area contributed by atoms with Crippen LogP contribution < -0.4 is 0 Å². The first-order chi connectivity index (χ1) is 11.4. The highest BCUT2D eigenvalue weighted by atomic mass is 79.9. The molecule has 0 unspecified atom stereocenters. The van der Waals surface area contributed by atoms with Crippen LogP contribution in [0.5, 0.6) is 0 Å². The zero-order chi connectivity index (χ0) is 17.3. The highest BCUT2D eigenvalue weighted by Crippen LogP contribution is 2.19. The number of sulfonamides is 1. The van der Waals surface area contributed by atoms with Gasteiger partial charge < -0.3 is 4.90 Å². The van der Waals surface area contributed by atoms with Gasteiger partial charge in [-0.3, -0.25) is 4.79 Å². The Kier molecular flexibility index (Phi) is 4.65. The van der Waals surface area contributed by atoms with E-state index in [0.717, 1.165) is 6.33 Å². The maximum absolute atomic E-state index is 13.9. The van der Waals surface area contributed by atoms with Crippen LogP contribution in [0.4, 0.5) is 4.39 Å². The Morgan fingerprint density at radius 3 is 2.54 bits per heavy atom. The lowest BCUT2D eigenvalue weighted by atomic mass is 10.1. The van der Waals surface area contributed by atoms with Gasteiger partial charge in [0.1, 0.15) is 12.1 Å². The molecule has 0 atom stereocenters. The van der Waals surface area contributed by atoms with Crippen molar-refractivity contribution in [2.45, 2.75) is 5.16 Å². The van der Waals surface area contributed by atoms with Crippen LogP contribution in [0.25, 0.3) is 0 Å². The van der Waals surface area contributed by atoms with Crippen LogP contribution in [0.2, 0.25) is 0 Å². The van der Waals surface area contributed by atoms with E-state index < -0.39 is 21.7 Å². The van der Waals surface area contributed by atoms with E-state index in [-0.39, 0.29) is 36.9 Å². The van der Waals surface area contributed by atoms with Gasteiger partial charge in [0.15, 0.2) is 0 Å². The van der Waals surface area contributed by atoms with Crippen molar-refractivity contribution in [2.75, 3.05) is 26.2 Å². The normalized spacial score (nSPS) is 16.3. The first kappa shape index (κ1) is 17.0. The van der Waals surface area contributed by atoms with Crippen LogP contribution in [0.3, 0.4) is 0 Å². The third-order valence-electron chi connectivity index (χ3n) is 3.66. The van der Waals surface area contributed by atoms with E-state index in [0.29, 0.717) is 4.47 Å². The number of benzene rings is 1. The number of piperazine rings is 1. The third kappa shape index (κ3) is 3.19. The molecule has 0 saturated carbocycles. The predicted octanol–water partition coefficient (Wildman–Crippen LogP) is 0.853. The first-order valence-electron chi connectivity index (χ1n) is 6.99. The van der Waals surface area contributed by atoms with E-state index in [1.165, 1.54) is 21.3 Å². The molecule has 1 saturated heterocycles. The smallest absolute Gasteiger partial charge is 0.278 e. The van der Waals surface area contributed by atoms with Crippen molar-refractivity contribution >= 4 is 31.9 Å². The molecule has 11 heteroatoms. The van der Waals surface area contributed by atoms with Crippen LogP contribution in [0, 0.1) is 5.82 Å². The lowest BCUT2D eigenvalue weighted by molar-refractivity contribution is 0.0693. The molecule has 1 aromatic heterocycles. The summed E-state index contributed by atoms with van der Waals surface area (Å²) in [5.74, 6) is -1.08. The van der Waals surface area contributed by atoms with Gasteiger partial charge >= 0.3 is 0 Å². The van der Waals surface area contributed by atoms with Gasteiger partial charge in [-0.1, -0.05) is 15.9 Å². The Labute approximate surface area is 145 Å². The van der Waals surface area contributed by atoms with Crippen molar-refractivity contribution in [2.24, 2.45) is 0 Å². The van der Waals surface area contributed by atoms with Gasteiger partial charge in [0.2, 0.25) is 0 Å². The summed E-state index contributed by atoms with van der Waals surface area (Å²) in [6.45, 7) is 0.545. The molecule has 2 heterocycles. The highest BCUT2D eigenvalue weighted by molar-refractivity contribution is 9.10. The molecule has 1 aromatic carbocycles. The number of carbonyl (C=O) groups excluding carboxylic acids is 1. The summed E-state index contributed by atoms with van der Waals surface area (Å²) >= 11 is 3.14.